The number of rotatable bonds is 4. The van der Waals surface area contributed by atoms with Gasteiger partial charge in [-0.15, -0.1) is 0 Å². The predicted octanol–water partition coefficient (Wildman–Crippen LogP) is 2.20. The molecule has 1 unspecified atom stereocenters. The van der Waals surface area contributed by atoms with E-state index in [9.17, 15) is 0 Å². The fourth-order valence-corrected chi connectivity index (χ4v) is 2.77. The number of hydrogen-bond acceptors (Lipinski definition) is 4. The molecule has 2 N–H and O–H groups in total. The molecule has 1 saturated heterocycles. The van der Waals surface area contributed by atoms with Gasteiger partial charge in [-0.3, -0.25) is 0 Å². The average molecular weight is 265 g/mol. The lowest BCUT2D eigenvalue weighted by Gasteiger charge is -2.41. The zero-order valence-corrected chi connectivity index (χ0v) is 11.9. The molecule has 0 saturated carbocycles. The molecule has 106 valence electrons. The number of methoxy groups -OCH3 is 2. The molecule has 0 amide bonds. The van der Waals surface area contributed by atoms with Gasteiger partial charge in [0, 0.05) is 33.2 Å². The van der Waals surface area contributed by atoms with E-state index >= 15 is 0 Å². The van der Waals surface area contributed by atoms with Crippen molar-refractivity contribution < 1.29 is 14.2 Å². The van der Waals surface area contributed by atoms with Crippen molar-refractivity contribution in [2.24, 2.45) is 5.73 Å². The summed E-state index contributed by atoms with van der Waals surface area (Å²) in [6, 6.07) is 5.85. The van der Waals surface area contributed by atoms with E-state index < -0.39 is 0 Å². The minimum absolute atomic E-state index is 0.146. The number of ether oxygens (including phenoxy) is 3. The molecule has 1 aromatic carbocycles. The molecule has 0 aliphatic carbocycles. The molecule has 4 nitrogen and oxygen atoms in total. The van der Waals surface area contributed by atoms with Gasteiger partial charge >= 0.3 is 0 Å². The largest absolute Gasteiger partial charge is 0.497 e. The third kappa shape index (κ3) is 2.76. The summed E-state index contributed by atoms with van der Waals surface area (Å²) < 4.78 is 16.4. The molecule has 1 aliphatic rings. The standard InChI is InChI=1S/C15H23NO3/c1-11-10-12(17-2)4-5-13(11)14(16)15(18-3)6-8-19-9-7-15/h4-5,10,14H,6-9,16H2,1-3H3. The maximum atomic E-state index is 6.49. The van der Waals surface area contributed by atoms with Gasteiger partial charge < -0.3 is 19.9 Å². The Morgan fingerprint density at radius 3 is 2.47 bits per heavy atom. The number of nitrogens with two attached hydrogens (primary N) is 1. The Bertz CT molecular complexity index is 427. The summed E-state index contributed by atoms with van der Waals surface area (Å²) in [6.45, 7) is 3.47. The van der Waals surface area contributed by atoms with Crippen LogP contribution in [0.3, 0.4) is 0 Å². The molecule has 1 aromatic rings. The fourth-order valence-electron chi connectivity index (χ4n) is 2.77. The van der Waals surface area contributed by atoms with Crippen molar-refractivity contribution in [3.05, 3.63) is 29.3 Å². The molecule has 2 rings (SSSR count). The van der Waals surface area contributed by atoms with Gasteiger partial charge in [0.05, 0.1) is 18.8 Å². The summed E-state index contributed by atoms with van der Waals surface area (Å²) in [5.41, 5.74) is 8.41. The summed E-state index contributed by atoms with van der Waals surface area (Å²) >= 11 is 0. The van der Waals surface area contributed by atoms with E-state index in [2.05, 4.69) is 6.92 Å². The van der Waals surface area contributed by atoms with Crippen LogP contribution in [0.15, 0.2) is 18.2 Å². The quantitative estimate of drug-likeness (QED) is 0.906. The Morgan fingerprint density at radius 2 is 1.95 bits per heavy atom. The topological polar surface area (TPSA) is 53.7 Å². The third-order valence-electron chi connectivity index (χ3n) is 4.12. The van der Waals surface area contributed by atoms with Crippen molar-refractivity contribution >= 4 is 0 Å². The molecule has 0 radical (unpaired) electrons. The molecule has 4 heteroatoms. The Morgan fingerprint density at radius 1 is 1.26 bits per heavy atom. The molecule has 1 atom stereocenters. The Kier molecular flexibility index (Phi) is 4.45. The van der Waals surface area contributed by atoms with Gasteiger partial charge in [-0.1, -0.05) is 6.07 Å². The van der Waals surface area contributed by atoms with Gasteiger partial charge in [-0.05, 0) is 30.2 Å². The first-order valence-electron chi connectivity index (χ1n) is 6.66. The zero-order chi connectivity index (χ0) is 13.9. The van der Waals surface area contributed by atoms with E-state index in [0.29, 0.717) is 13.2 Å². The lowest BCUT2D eigenvalue weighted by Crippen LogP contribution is -2.47. The summed E-state index contributed by atoms with van der Waals surface area (Å²) in [7, 11) is 3.41. The molecule has 1 heterocycles. The molecular weight excluding hydrogens is 242 g/mol. The van der Waals surface area contributed by atoms with Crippen molar-refractivity contribution in [1.29, 1.82) is 0 Å². The van der Waals surface area contributed by atoms with Gasteiger partial charge in [0.1, 0.15) is 5.75 Å². The van der Waals surface area contributed by atoms with Crippen molar-refractivity contribution in [2.75, 3.05) is 27.4 Å². The summed E-state index contributed by atoms with van der Waals surface area (Å²) in [4.78, 5) is 0. The first-order valence-corrected chi connectivity index (χ1v) is 6.66. The van der Waals surface area contributed by atoms with Gasteiger partial charge in [-0.25, -0.2) is 0 Å². The van der Waals surface area contributed by atoms with Crippen molar-refractivity contribution in [1.82, 2.24) is 0 Å². The van der Waals surface area contributed by atoms with E-state index in [4.69, 9.17) is 19.9 Å². The molecule has 0 bridgehead atoms. The molecule has 1 fully saturated rings. The van der Waals surface area contributed by atoms with Crippen LogP contribution in [0.4, 0.5) is 0 Å². The highest BCUT2D eigenvalue weighted by molar-refractivity contribution is 5.37. The van der Waals surface area contributed by atoms with Crippen molar-refractivity contribution in [3.8, 4) is 5.75 Å². The summed E-state index contributed by atoms with van der Waals surface area (Å²) in [5, 5.41) is 0. The zero-order valence-electron chi connectivity index (χ0n) is 11.9. The van der Waals surface area contributed by atoms with Crippen LogP contribution in [0.25, 0.3) is 0 Å². The third-order valence-corrected chi connectivity index (χ3v) is 4.12. The summed E-state index contributed by atoms with van der Waals surface area (Å²) in [5.74, 6) is 0.854. The van der Waals surface area contributed by atoms with Crippen molar-refractivity contribution in [2.45, 2.75) is 31.4 Å². The second-order valence-corrected chi connectivity index (χ2v) is 5.08. The number of aryl methyl sites for hydroxylation is 1. The minimum Gasteiger partial charge on any atom is -0.497 e. The highest BCUT2D eigenvalue weighted by atomic mass is 16.5. The normalized spacial score (nSPS) is 20.0. The number of benzene rings is 1. The smallest absolute Gasteiger partial charge is 0.119 e. The maximum absolute atomic E-state index is 6.49. The fraction of sp³-hybridized carbons (Fsp3) is 0.600. The monoisotopic (exact) mass is 265 g/mol. The molecule has 0 aromatic heterocycles. The minimum atomic E-state index is -0.322. The maximum Gasteiger partial charge on any atom is 0.119 e. The first kappa shape index (κ1) is 14.3. The van der Waals surface area contributed by atoms with E-state index in [-0.39, 0.29) is 11.6 Å². The molecule has 0 spiro atoms. The van der Waals surface area contributed by atoms with Gasteiger partial charge in [-0.2, -0.15) is 0 Å². The highest BCUT2D eigenvalue weighted by Crippen LogP contribution is 2.37. The lowest BCUT2D eigenvalue weighted by atomic mass is 9.81. The van der Waals surface area contributed by atoms with E-state index in [0.717, 1.165) is 29.7 Å². The second kappa shape index (κ2) is 5.90. The van der Waals surface area contributed by atoms with Crippen LogP contribution in [-0.4, -0.2) is 33.0 Å². The molecule has 19 heavy (non-hydrogen) atoms. The van der Waals surface area contributed by atoms with E-state index in [1.54, 1.807) is 14.2 Å². The van der Waals surface area contributed by atoms with Crippen LogP contribution in [0.1, 0.15) is 30.0 Å². The predicted molar refractivity (Wildman–Crippen MR) is 74.5 cm³/mol. The highest BCUT2D eigenvalue weighted by Gasteiger charge is 2.39. The van der Waals surface area contributed by atoms with Crippen LogP contribution < -0.4 is 10.5 Å². The average Bonchev–Trinajstić information content (AvgIpc) is 2.47. The van der Waals surface area contributed by atoms with Crippen LogP contribution in [-0.2, 0) is 9.47 Å². The van der Waals surface area contributed by atoms with E-state index in [1.165, 1.54) is 0 Å². The Hall–Kier alpha value is -1.10. The van der Waals surface area contributed by atoms with Gasteiger partial charge in [0.2, 0.25) is 0 Å². The van der Waals surface area contributed by atoms with Gasteiger partial charge in [0.25, 0.3) is 0 Å². The Balaban J connectivity index is 2.29. The van der Waals surface area contributed by atoms with Gasteiger partial charge in [0.15, 0.2) is 0 Å². The van der Waals surface area contributed by atoms with Crippen molar-refractivity contribution in [3.63, 3.8) is 0 Å². The SMILES string of the molecule is COc1ccc(C(N)C2(OC)CCOCC2)c(C)c1. The molecule has 1 aliphatic heterocycles. The van der Waals surface area contributed by atoms with Crippen LogP contribution in [0.2, 0.25) is 0 Å². The van der Waals surface area contributed by atoms with E-state index in [1.807, 2.05) is 18.2 Å². The molecular formula is C15H23NO3. The Labute approximate surface area is 114 Å². The van der Waals surface area contributed by atoms with Crippen LogP contribution in [0, 0.1) is 6.92 Å². The van der Waals surface area contributed by atoms with Crippen LogP contribution >= 0.6 is 0 Å². The first-order chi connectivity index (χ1) is 9.13. The second-order valence-electron chi connectivity index (χ2n) is 5.08. The summed E-state index contributed by atoms with van der Waals surface area (Å²) in [6.07, 6.45) is 1.66. The van der Waals surface area contributed by atoms with Crippen LogP contribution in [0.5, 0.6) is 5.75 Å². The lowest BCUT2D eigenvalue weighted by molar-refractivity contribution is -0.105. The number of hydrogen-bond donors (Lipinski definition) is 1.